The number of nitrogens with one attached hydrogen (secondary N) is 1. The Morgan fingerprint density at radius 3 is 2.18 bits per heavy atom. The Morgan fingerprint density at radius 2 is 1.59 bits per heavy atom. The highest BCUT2D eigenvalue weighted by Gasteiger charge is 2.30. The zero-order valence-electron chi connectivity index (χ0n) is 11.3. The molecule has 0 fully saturated rings. The third kappa shape index (κ3) is 5.35. The smallest absolute Gasteiger partial charge is 0.410 e. The van der Waals surface area contributed by atoms with Crippen molar-refractivity contribution in [2.24, 2.45) is 0 Å². The van der Waals surface area contributed by atoms with Gasteiger partial charge in [-0.1, -0.05) is 30.3 Å². The molecular formula is C15H12F3NO3. The van der Waals surface area contributed by atoms with Gasteiger partial charge in [-0.15, -0.1) is 13.2 Å². The lowest BCUT2D eigenvalue weighted by Gasteiger charge is -2.10. The molecule has 22 heavy (non-hydrogen) atoms. The second kappa shape index (κ2) is 6.84. The van der Waals surface area contributed by atoms with Crippen LogP contribution < -0.4 is 14.8 Å². The Morgan fingerprint density at radius 1 is 0.955 bits per heavy atom. The van der Waals surface area contributed by atoms with Gasteiger partial charge in [0.2, 0.25) is 0 Å². The predicted octanol–water partition coefficient (Wildman–Crippen LogP) is 3.87. The largest absolute Gasteiger partial charge is 0.573 e. The third-order valence-electron chi connectivity index (χ3n) is 2.55. The minimum absolute atomic E-state index is 0.123. The van der Waals surface area contributed by atoms with Crippen molar-refractivity contribution >= 4 is 6.09 Å². The molecule has 0 saturated carbocycles. The molecule has 0 aromatic heterocycles. The number of alkyl halides is 3. The van der Waals surface area contributed by atoms with Gasteiger partial charge in [0.1, 0.15) is 11.5 Å². The fourth-order valence-corrected chi connectivity index (χ4v) is 1.61. The molecule has 0 aliphatic rings. The second-order valence-electron chi connectivity index (χ2n) is 4.25. The summed E-state index contributed by atoms with van der Waals surface area (Å²) < 4.78 is 44.8. The van der Waals surface area contributed by atoms with E-state index < -0.39 is 12.5 Å². The molecule has 0 aliphatic heterocycles. The Labute approximate surface area is 124 Å². The average Bonchev–Trinajstić information content (AvgIpc) is 2.46. The molecule has 2 aromatic rings. The monoisotopic (exact) mass is 311 g/mol. The van der Waals surface area contributed by atoms with Crippen LogP contribution in [-0.4, -0.2) is 12.5 Å². The fraction of sp³-hybridized carbons (Fsp3) is 0.133. The summed E-state index contributed by atoms with van der Waals surface area (Å²) in [5, 5.41) is 2.49. The normalized spacial score (nSPS) is 10.9. The number of hydrogen-bond acceptors (Lipinski definition) is 3. The minimum Gasteiger partial charge on any atom is -0.410 e. The molecule has 0 unspecified atom stereocenters. The quantitative estimate of drug-likeness (QED) is 0.932. The van der Waals surface area contributed by atoms with Crippen molar-refractivity contribution in [3.63, 3.8) is 0 Å². The first-order chi connectivity index (χ1) is 10.4. The fourth-order valence-electron chi connectivity index (χ4n) is 1.61. The van der Waals surface area contributed by atoms with E-state index in [-0.39, 0.29) is 12.3 Å². The topological polar surface area (TPSA) is 47.6 Å². The van der Waals surface area contributed by atoms with Crippen LogP contribution in [-0.2, 0) is 6.54 Å². The Bertz CT molecular complexity index is 612. The van der Waals surface area contributed by atoms with Crippen molar-refractivity contribution in [1.82, 2.24) is 5.32 Å². The molecule has 7 heteroatoms. The predicted molar refractivity (Wildman–Crippen MR) is 72.4 cm³/mol. The van der Waals surface area contributed by atoms with Crippen LogP contribution in [0.15, 0.2) is 54.6 Å². The molecule has 2 rings (SSSR count). The lowest BCUT2D eigenvalue weighted by Crippen LogP contribution is -2.26. The van der Waals surface area contributed by atoms with Crippen molar-refractivity contribution in [2.75, 3.05) is 0 Å². The number of amides is 1. The lowest BCUT2D eigenvalue weighted by molar-refractivity contribution is -0.274. The van der Waals surface area contributed by atoms with Gasteiger partial charge in [0.25, 0.3) is 0 Å². The Balaban J connectivity index is 1.83. The van der Waals surface area contributed by atoms with E-state index in [0.29, 0.717) is 11.3 Å². The van der Waals surface area contributed by atoms with E-state index in [2.05, 4.69) is 10.1 Å². The SMILES string of the molecule is O=C(NCc1ccc(OC(F)(F)F)cc1)Oc1ccccc1. The molecule has 116 valence electrons. The number of hydrogen-bond donors (Lipinski definition) is 1. The number of carbonyl (C=O) groups is 1. The maximum atomic E-state index is 12.0. The van der Waals surface area contributed by atoms with Crippen molar-refractivity contribution in [1.29, 1.82) is 0 Å². The molecule has 0 saturated heterocycles. The summed E-state index contributed by atoms with van der Waals surface area (Å²) in [5.74, 6) is 0.0806. The zero-order valence-corrected chi connectivity index (χ0v) is 11.3. The van der Waals surface area contributed by atoms with Gasteiger partial charge < -0.3 is 14.8 Å². The Kier molecular flexibility index (Phi) is 4.88. The van der Waals surface area contributed by atoms with E-state index in [0.717, 1.165) is 0 Å². The van der Waals surface area contributed by atoms with Crippen LogP contribution in [0.25, 0.3) is 0 Å². The van der Waals surface area contributed by atoms with Crippen LogP contribution in [0.4, 0.5) is 18.0 Å². The molecule has 0 spiro atoms. The standard InChI is InChI=1S/C15H12F3NO3/c16-15(17,18)22-13-8-6-11(7-9-13)10-19-14(20)21-12-4-2-1-3-5-12/h1-9H,10H2,(H,19,20). The van der Waals surface area contributed by atoms with Crippen molar-refractivity contribution in [2.45, 2.75) is 12.9 Å². The number of ether oxygens (including phenoxy) is 2. The summed E-state index contributed by atoms with van der Waals surface area (Å²) in [6.45, 7) is 0.123. The maximum Gasteiger partial charge on any atom is 0.573 e. The molecule has 2 aromatic carbocycles. The Hall–Kier alpha value is -2.70. The first-order valence-electron chi connectivity index (χ1n) is 6.28. The summed E-state index contributed by atoms with van der Waals surface area (Å²) in [4.78, 5) is 11.5. The average molecular weight is 311 g/mol. The van der Waals surface area contributed by atoms with E-state index in [9.17, 15) is 18.0 Å². The van der Waals surface area contributed by atoms with Crippen LogP contribution in [0.3, 0.4) is 0 Å². The van der Waals surface area contributed by atoms with Crippen LogP contribution in [0.2, 0.25) is 0 Å². The minimum atomic E-state index is -4.72. The first-order valence-corrected chi connectivity index (χ1v) is 6.28. The molecule has 0 aliphatic carbocycles. The van der Waals surface area contributed by atoms with Gasteiger partial charge in [0.15, 0.2) is 0 Å². The molecule has 0 bridgehead atoms. The summed E-state index contributed by atoms with van der Waals surface area (Å²) >= 11 is 0. The van der Waals surface area contributed by atoms with Gasteiger partial charge >= 0.3 is 12.5 Å². The van der Waals surface area contributed by atoms with Gasteiger partial charge in [-0.25, -0.2) is 4.79 Å². The highest BCUT2D eigenvalue weighted by Crippen LogP contribution is 2.22. The summed E-state index contributed by atoms with van der Waals surface area (Å²) in [6.07, 6.45) is -5.37. The van der Waals surface area contributed by atoms with Crippen molar-refractivity contribution in [3.8, 4) is 11.5 Å². The van der Waals surface area contributed by atoms with E-state index in [4.69, 9.17) is 4.74 Å². The van der Waals surface area contributed by atoms with E-state index in [1.807, 2.05) is 0 Å². The number of para-hydroxylation sites is 1. The molecule has 1 N–H and O–H groups in total. The van der Waals surface area contributed by atoms with Gasteiger partial charge in [-0.2, -0.15) is 0 Å². The third-order valence-corrected chi connectivity index (χ3v) is 2.55. The van der Waals surface area contributed by atoms with Crippen LogP contribution in [0.1, 0.15) is 5.56 Å². The number of benzene rings is 2. The van der Waals surface area contributed by atoms with E-state index in [1.165, 1.54) is 24.3 Å². The van der Waals surface area contributed by atoms with Crippen LogP contribution in [0, 0.1) is 0 Å². The number of halogens is 3. The zero-order chi connectivity index (χ0) is 16.0. The summed E-state index contributed by atoms with van der Waals surface area (Å²) in [7, 11) is 0. The highest BCUT2D eigenvalue weighted by molar-refractivity contribution is 5.70. The maximum absolute atomic E-state index is 12.0. The highest BCUT2D eigenvalue weighted by atomic mass is 19.4. The van der Waals surface area contributed by atoms with Crippen LogP contribution >= 0.6 is 0 Å². The molecule has 0 atom stereocenters. The van der Waals surface area contributed by atoms with Gasteiger partial charge in [-0.3, -0.25) is 0 Å². The molecule has 0 heterocycles. The summed E-state index contributed by atoms with van der Waals surface area (Å²) in [5.41, 5.74) is 0.611. The molecule has 0 radical (unpaired) electrons. The van der Waals surface area contributed by atoms with E-state index in [1.54, 1.807) is 30.3 Å². The van der Waals surface area contributed by atoms with Crippen LogP contribution in [0.5, 0.6) is 11.5 Å². The van der Waals surface area contributed by atoms with Gasteiger partial charge in [-0.05, 0) is 29.8 Å². The van der Waals surface area contributed by atoms with E-state index >= 15 is 0 Å². The molecule has 4 nitrogen and oxygen atoms in total. The second-order valence-corrected chi connectivity index (χ2v) is 4.25. The van der Waals surface area contributed by atoms with Gasteiger partial charge in [0.05, 0.1) is 0 Å². The number of carbonyl (C=O) groups excluding carboxylic acids is 1. The van der Waals surface area contributed by atoms with Crippen molar-refractivity contribution in [3.05, 3.63) is 60.2 Å². The van der Waals surface area contributed by atoms with Crippen molar-refractivity contribution < 1.29 is 27.4 Å². The summed E-state index contributed by atoms with van der Waals surface area (Å²) in [6, 6.07) is 13.7. The van der Waals surface area contributed by atoms with Gasteiger partial charge in [0, 0.05) is 6.54 Å². The number of rotatable bonds is 4. The molecular weight excluding hydrogens is 299 g/mol. The molecule has 1 amide bonds. The lowest BCUT2D eigenvalue weighted by atomic mass is 10.2. The first kappa shape index (κ1) is 15.7.